The molecule has 21 heavy (non-hydrogen) atoms. The highest BCUT2D eigenvalue weighted by Gasteiger charge is 2.19. The minimum Gasteiger partial charge on any atom is -0.480 e. The molecule has 1 atom stereocenters. The van der Waals surface area contributed by atoms with Gasteiger partial charge in [0.1, 0.15) is 19.0 Å². The second kappa shape index (κ2) is 5.99. The van der Waals surface area contributed by atoms with E-state index in [-0.39, 0.29) is 17.9 Å². The number of hydrogen-bond acceptors (Lipinski definition) is 6. The zero-order valence-corrected chi connectivity index (χ0v) is 11.2. The second-order valence-corrected chi connectivity index (χ2v) is 4.07. The van der Waals surface area contributed by atoms with E-state index in [0.29, 0.717) is 5.65 Å². The SMILES string of the molecule is C=CCOC(=O)Nc1ncnc2c1ncn2C(C)C(=O)O. The average Bonchev–Trinajstić information content (AvgIpc) is 2.89. The first-order chi connectivity index (χ1) is 10.0. The van der Waals surface area contributed by atoms with Gasteiger partial charge in [0.05, 0.1) is 6.33 Å². The number of nitrogens with zero attached hydrogens (tertiary/aromatic N) is 4. The molecule has 2 rings (SSSR count). The minimum atomic E-state index is -1.02. The van der Waals surface area contributed by atoms with Crippen molar-refractivity contribution in [1.29, 1.82) is 0 Å². The molecule has 1 amide bonds. The van der Waals surface area contributed by atoms with Crippen LogP contribution in [-0.2, 0) is 9.53 Å². The van der Waals surface area contributed by atoms with Gasteiger partial charge in [0.25, 0.3) is 0 Å². The van der Waals surface area contributed by atoms with Crippen molar-refractivity contribution in [3.05, 3.63) is 25.3 Å². The first-order valence-corrected chi connectivity index (χ1v) is 5.99. The standard InChI is InChI=1S/C12H13N5O4/c1-3-4-21-12(20)16-9-8-10(14-5-13-9)17(6-15-8)7(2)11(18)19/h3,5-7H,1,4H2,2H3,(H,18,19)(H,13,14,16,20). The third-order valence-corrected chi connectivity index (χ3v) is 2.69. The lowest BCUT2D eigenvalue weighted by atomic mass is 10.3. The van der Waals surface area contributed by atoms with Gasteiger partial charge in [-0.1, -0.05) is 12.7 Å². The van der Waals surface area contributed by atoms with E-state index in [1.54, 1.807) is 0 Å². The number of nitrogens with one attached hydrogen (secondary N) is 1. The van der Waals surface area contributed by atoms with Gasteiger partial charge in [-0.15, -0.1) is 0 Å². The summed E-state index contributed by atoms with van der Waals surface area (Å²) >= 11 is 0. The molecule has 1 unspecified atom stereocenters. The van der Waals surface area contributed by atoms with Crippen LogP contribution in [0.2, 0.25) is 0 Å². The van der Waals surface area contributed by atoms with Gasteiger partial charge in [-0.05, 0) is 6.92 Å². The molecule has 0 aliphatic rings. The molecule has 0 saturated carbocycles. The van der Waals surface area contributed by atoms with E-state index in [1.807, 2.05) is 0 Å². The zero-order chi connectivity index (χ0) is 15.4. The van der Waals surface area contributed by atoms with Crippen molar-refractivity contribution < 1.29 is 19.4 Å². The van der Waals surface area contributed by atoms with Crippen molar-refractivity contribution in [2.75, 3.05) is 11.9 Å². The minimum absolute atomic E-state index is 0.0601. The molecule has 2 aromatic heterocycles. The highest BCUT2D eigenvalue weighted by Crippen LogP contribution is 2.20. The third kappa shape index (κ3) is 2.96. The number of carboxylic acids is 1. The Morgan fingerprint density at radius 2 is 2.29 bits per heavy atom. The molecule has 0 radical (unpaired) electrons. The number of imidazole rings is 1. The summed E-state index contributed by atoms with van der Waals surface area (Å²) < 4.78 is 6.15. The van der Waals surface area contributed by atoms with Crippen LogP contribution in [0.3, 0.4) is 0 Å². The molecule has 0 aromatic carbocycles. The Balaban J connectivity index is 2.32. The number of anilines is 1. The van der Waals surface area contributed by atoms with Crippen molar-refractivity contribution in [2.45, 2.75) is 13.0 Å². The van der Waals surface area contributed by atoms with Gasteiger partial charge in [0.15, 0.2) is 17.0 Å². The van der Waals surface area contributed by atoms with Crippen LogP contribution in [0, 0.1) is 0 Å². The zero-order valence-electron chi connectivity index (χ0n) is 11.2. The molecule has 0 aliphatic carbocycles. The van der Waals surface area contributed by atoms with Crippen LogP contribution in [0.25, 0.3) is 11.2 Å². The first kappa shape index (κ1) is 14.4. The van der Waals surface area contributed by atoms with E-state index in [0.717, 1.165) is 0 Å². The Morgan fingerprint density at radius 1 is 1.52 bits per heavy atom. The fraction of sp³-hybridized carbons (Fsp3) is 0.250. The van der Waals surface area contributed by atoms with Crippen LogP contribution in [0.4, 0.5) is 10.6 Å². The Kier molecular flexibility index (Phi) is 4.12. The predicted molar refractivity (Wildman–Crippen MR) is 72.8 cm³/mol. The number of aromatic nitrogens is 4. The summed E-state index contributed by atoms with van der Waals surface area (Å²) in [4.78, 5) is 34.5. The van der Waals surface area contributed by atoms with Crippen molar-refractivity contribution >= 4 is 29.0 Å². The van der Waals surface area contributed by atoms with Crippen LogP contribution in [0.5, 0.6) is 0 Å². The van der Waals surface area contributed by atoms with Gasteiger partial charge >= 0.3 is 12.1 Å². The van der Waals surface area contributed by atoms with E-state index in [1.165, 1.54) is 30.2 Å². The molecule has 2 aromatic rings. The van der Waals surface area contributed by atoms with Gasteiger partial charge in [-0.2, -0.15) is 0 Å². The fourth-order valence-corrected chi connectivity index (χ4v) is 1.61. The quantitative estimate of drug-likeness (QED) is 0.794. The van der Waals surface area contributed by atoms with E-state index in [4.69, 9.17) is 9.84 Å². The van der Waals surface area contributed by atoms with Crippen LogP contribution >= 0.6 is 0 Å². The number of hydrogen-bond donors (Lipinski definition) is 2. The van der Waals surface area contributed by atoms with Crippen molar-refractivity contribution in [3.63, 3.8) is 0 Å². The number of fused-ring (bicyclic) bond motifs is 1. The fourth-order valence-electron chi connectivity index (χ4n) is 1.61. The smallest absolute Gasteiger partial charge is 0.413 e. The van der Waals surface area contributed by atoms with E-state index in [9.17, 15) is 9.59 Å². The normalized spacial score (nSPS) is 11.9. The van der Waals surface area contributed by atoms with Crippen molar-refractivity contribution in [2.24, 2.45) is 0 Å². The molecule has 0 fully saturated rings. The highest BCUT2D eigenvalue weighted by molar-refractivity contribution is 5.93. The third-order valence-electron chi connectivity index (χ3n) is 2.69. The number of rotatable bonds is 5. The summed E-state index contributed by atoms with van der Waals surface area (Å²) in [6, 6.07) is -0.842. The first-order valence-electron chi connectivity index (χ1n) is 5.99. The Labute approximate surface area is 119 Å². The number of ether oxygens (including phenoxy) is 1. The molecule has 2 N–H and O–H groups in total. The topological polar surface area (TPSA) is 119 Å². The molecule has 0 spiro atoms. The Morgan fingerprint density at radius 3 is 2.95 bits per heavy atom. The van der Waals surface area contributed by atoms with Crippen LogP contribution in [0.15, 0.2) is 25.3 Å². The maximum absolute atomic E-state index is 11.5. The number of aliphatic carboxylic acids is 1. The maximum Gasteiger partial charge on any atom is 0.413 e. The number of carbonyl (C=O) groups excluding carboxylic acids is 1. The monoisotopic (exact) mass is 291 g/mol. The Hall–Kier alpha value is -2.97. The second-order valence-electron chi connectivity index (χ2n) is 4.07. The van der Waals surface area contributed by atoms with Crippen LogP contribution < -0.4 is 5.32 Å². The van der Waals surface area contributed by atoms with Crippen molar-refractivity contribution in [3.8, 4) is 0 Å². The molecule has 9 heteroatoms. The van der Waals surface area contributed by atoms with E-state index in [2.05, 4.69) is 26.8 Å². The maximum atomic E-state index is 11.5. The van der Waals surface area contributed by atoms with Gasteiger partial charge < -0.3 is 14.4 Å². The predicted octanol–water partition coefficient (Wildman–Crippen LogP) is 1.21. The van der Waals surface area contributed by atoms with Crippen LogP contribution in [0.1, 0.15) is 13.0 Å². The molecule has 2 heterocycles. The number of carbonyl (C=O) groups is 2. The van der Waals surface area contributed by atoms with Gasteiger partial charge in [0, 0.05) is 0 Å². The molecular weight excluding hydrogens is 278 g/mol. The van der Waals surface area contributed by atoms with E-state index >= 15 is 0 Å². The molecule has 9 nitrogen and oxygen atoms in total. The lowest BCUT2D eigenvalue weighted by Gasteiger charge is -2.08. The number of carboxylic acid groups (broad SMARTS) is 1. The van der Waals surface area contributed by atoms with Crippen LogP contribution in [-0.4, -0.2) is 43.3 Å². The summed E-state index contributed by atoms with van der Waals surface area (Å²) in [5.41, 5.74) is 0.583. The average molecular weight is 291 g/mol. The molecule has 0 bridgehead atoms. The summed E-state index contributed by atoms with van der Waals surface area (Å²) in [6.45, 7) is 4.98. The highest BCUT2D eigenvalue weighted by atomic mass is 16.5. The summed E-state index contributed by atoms with van der Waals surface area (Å²) in [7, 11) is 0. The Bertz CT molecular complexity index is 696. The largest absolute Gasteiger partial charge is 0.480 e. The number of amides is 1. The summed E-state index contributed by atoms with van der Waals surface area (Å²) in [5, 5.41) is 11.5. The molecule has 0 saturated heterocycles. The van der Waals surface area contributed by atoms with Gasteiger partial charge in [0.2, 0.25) is 0 Å². The van der Waals surface area contributed by atoms with Gasteiger partial charge in [-0.3, -0.25) is 5.32 Å². The van der Waals surface area contributed by atoms with Crippen molar-refractivity contribution in [1.82, 2.24) is 19.5 Å². The summed E-state index contributed by atoms with van der Waals surface area (Å²) in [5.74, 6) is -0.877. The van der Waals surface area contributed by atoms with E-state index < -0.39 is 18.1 Å². The molecule has 110 valence electrons. The molecular formula is C12H13N5O4. The summed E-state index contributed by atoms with van der Waals surface area (Å²) in [6.07, 6.45) is 3.25. The molecule has 0 aliphatic heterocycles. The lowest BCUT2D eigenvalue weighted by molar-refractivity contribution is -0.140. The lowest BCUT2D eigenvalue weighted by Crippen LogP contribution is -2.16. The van der Waals surface area contributed by atoms with Gasteiger partial charge in [-0.25, -0.2) is 24.5 Å².